The molecule has 3 atom stereocenters. The fraction of sp³-hybridized carbons (Fsp3) is 0.733. The lowest BCUT2D eigenvalue weighted by Gasteiger charge is -2.28. The number of allylic oxidation sites excluding steroid dienone is 1. The second-order valence-electron chi connectivity index (χ2n) is 6.44. The molecule has 96 valence electrons. The zero-order valence-corrected chi connectivity index (χ0v) is 11.2. The number of aliphatic hydroxyl groups is 2. The number of hydrogen-bond donors (Lipinski definition) is 2. The molecule has 1 saturated carbocycles. The molecule has 0 aromatic heterocycles. The minimum absolute atomic E-state index is 0.124. The van der Waals surface area contributed by atoms with Gasteiger partial charge in [-0.25, -0.2) is 0 Å². The van der Waals surface area contributed by atoms with Crippen molar-refractivity contribution >= 4 is 0 Å². The van der Waals surface area contributed by atoms with Crippen molar-refractivity contribution in [2.24, 2.45) is 11.8 Å². The molecule has 0 radical (unpaired) electrons. The molecule has 0 saturated heterocycles. The zero-order valence-electron chi connectivity index (χ0n) is 11.2. The molecular weight excluding hydrogens is 212 g/mol. The first kappa shape index (κ1) is 12.8. The average Bonchev–Trinajstić information content (AvgIpc) is 2.37. The number of hydrogen-bond acceptors (Lipinski definition) is 2. The molecule has 17 heavy (non-hydrogen) atoms. The number of fused-ring (bicyclic) bond motifs is 1. The Labute approximate surface area is 104 Å². The van der Waals surface area contributed by atoms with Crippen LogP contribution in [0.15, 0.2) is 23.8 Å². The maximum Gasteiger partial charge on any atom is 0.0800 e. The van der Waals surface area contributed by atoms with Crippen molar-refractivity contribution in [3.05, 3.63) is 23.8 Å². The van der Waals surface area contributed by atoms with Gasteiger partial charge in [-0.2, -0.15) is 0 Å². The smallest absolute Gasteiger partial charge is 0.0800 e. The third-order valence-corrected chi connectivity index (χ3v) is 4.52. The van der Waals surface area contributed by atoms with Gasteiger partial charge in [-0.1, -0.05) is 18.2 Å². The summed E-state index contributed by atoms with van der Waals surface area (Å²) in [4.78, 5) is 0. The Morgan fingerprint density at radius 1 is 1.41 bits per heavy atom. The third kappa shape index (κ3) is 2.34. The monoisotopic (exact) mass is 236 g/mol. The van der Waals surface area contributed by atoms with Crippen molar-refractivity contribution in [2.75, 3.05) is 0 Å². The molecular formula is C15H24O2. The molecule has 0 unspecified atom stereocenters. The summed E-state index contributed by atoms with van der Waals surface area (Å²) in [6.07, 6.45) is 5.78. The molecule has 0 amide bonds. The molecule has 1 fully saturated rings. The van der Waals surface area contributed by atoms with E-state index in [-0.39, 0.29) is 5.92 Å². The highest BCUT2D eigenvalue weighted by atomic mass is 16.3. The minimum Gasteiger partial charge on any atom is -0.390 e. The van der Waals surface area contributed by atoms with E-state index in [0.717, 1.165) is 31.3 Å². The van der Waals surface area contributed by atoms with Crippen LogP contribution in [0.3, 0.4) is 0 Å². The molecule has 0 heterocycles. The molecule has 2 N–H and O–H groups in total. The van der Waals surface area contributed by atoms with Gasteiger partial charge < -0.3 is 10.2 Å². The largest absolute Gasteiger partial charge is 0.390 e. The first-order valence-electron chi connectivity index (χ1n) is 6.55. The third-order valence-electron chi connectivity index (χ3n) is 4.52. The fourth-order valence-corrected chi connectivity index (χ4v) is 3.27. The van der Waals surface area contributed by atoms with Gasteiger partial charge >= 0.3 is 0 Å². The summed E-state index contributed by atoms with van der Waals surface area (Å²) in [5.74, 6) is 0.517. The van der Waals surface area contributed by atoms with Crippen LogP contribution in [0.5, 0.6) is 0 Å². The lowest BCUT2D eigenvalue weighted by molar-refractivity contribution is 0.0320. The summed E-state index contributed by atoms with van der Waals surface area (Å²) in [5.41, 5.74) is 0.860. The van der Waals surface area contributed by atoms with E-state index in [9.17, 15) is 10.2 Å². The molecule has 0 bridgehead atoms. The van der Waals surface area contributed by atoms with Gasteiger partial charge in [-0.15, -0.1) is 0 Å². The van der Waals surface area contributed by atoms with Gasteiger partial charge in [0, 0.05) is 5.92 Å². The van der Waals surface area contributed by atoms with E-state index in [0.29, 0.717) is 5.92 Å². The van der Waals surface area contributed by atoms with Crippen LogP contribution in [-0.4, -0.2) is 21.4 Å². The SMILES string of the molecule is C=C1CCC(C(C)(C)O)=C[C@@H]2[C@@H]1CC[C@]2(C)O. The highest BCUT2D eigenvalue weighted by molar-refractivity contribution is 5.27. The molecule has 0 spiro atoms. The fourth-order valence-electron chi connectivity index (χ4n) is 3.27. The molecule has 2 aliphatic rings. The Balaban J connectivity index is 2.38. The van der Waals surface area contributed by atoms with Crippen LogP contribution in [0.2, 0.25) is 0 Å². The van der Waals surface area contributed by atoms with E-state index in [4.69, 9.17) is 0 Å². The molecule has 2 heteroatoms. The van der Waals surface area contributed by atoms with Crippen molar-refractivity contribution in [3.8, 4) is 0 Å². The number of rotatable bonds is 1. The van der Waals surface area contributed by atoms with E-state index < -0.39 is 11.2 Å². The van der Waals surface area contributed by atoms with Crippen molar-refractivity contribution in [1.29, 1.82) is 0 Å². The average molecular weight is 236 g/mol. The Morgan fingerprint density at radius 2 is 2.06 bits per heavy atom. The lowest BCUT2D eigenvalue weighted by atomic mass is 9.83. The summed E-state index contributed by atoms with van der Waals surface area (Å²) >= 11 is 0. The maximum atomic E-state index is 10.4. The highest BCUT2D eigenvalue weighted by Crippen LogP contribution is 2.48. The normalized spacial score (nSPS) is 38.6. The van der Waals surface area contributed by atoms with Gasteiger partial charge in [-0.05, 0) is 57.9 Å². The molecule has 0 aromatic carbocycles. The Kier molecular flexibility index (Phi) is 2.99. The van der Waals surface area contributed by atoms with Crippen molar-refractivity contribution < 1.29 is 10.2 Å². The Hall–Kier alpha value is -0.600. The zero-order chi connectivity index (χ0) is 12.8. The molecule has 0 aliphatic heterocycles. The quantitative estimate of drug-likeness (QED) is 0.687. The summed E-state index contributed by atoms with van der Waals surface area (Å²) in [7, 11) is 0. The van der Waals surface area contributed by atoms with E-state index in [1.165, 1.54) is 5.57 Å². The van der Waals surface area contributed by atoms with Crippen molar-refractivity contribution in [2.45, 2.75) is 57.7 Å². The van der Waals surface area contributed by atoms with Crippen LogP contribution < -0.4 is 0 Å². The highest BCUT2D eigenvalue weighted by Gasteiger charge is 2.45. The van der Waals surface area contributed by atoms with E-state index >= 15 is 0 Å². The van der Waals surface area contributed by atoms with Gasteiger partial charge in [0.05, 0.1) is 11.2 Å². The Bertz CT molecular complexity index is 358. The minimum atomic E-state index is -0.784. The predicted molar refractivity (Wildman–Crippen MR) is 69.6 cm³/mol. The van der Waals surface area contributed by atoms with Gasteiger partial charge in [0.2, 0.25) is 0 Å². The van der Waals surface area contributed by atoms with Crippen LogP contribution in [0.25, 0.3) is 0 Å². The second-order valence-corrected chi connectivity index (χ2v) is 6.44. The van der Waals surface area contributed by atoms with Crippen molar-refractivity contribution in [1.82, 2.24) is 0 Å². The van der Waals surface area contributed by atoms with Crippen LogP contribution in [0, 0.1) is 11.8 Å². The van der Waals surface area contributed by atoms with Crippen LogP contribution in [-0.2, 0) is 0 Å². The van der Waals surface area contributed by atoms with E-state index in [2.05, 4.69) is 12.7 Å². The first-order valence-corrected chi connectivity index (χ1v) is 6.55. The molecule has 2 aliphatic carbocycles. The standard InChI is InChI=1S/C15H24O2/c1-10-5-6-11(14(2,3)16)9-13-12(10)7-8-15(13,4)17/h9,12-13,16-17H,1,5-8H2,2-4H3/t12-,13-,15+/m1/s1. The van der Waals surface area contributed by atoms with Crippen LogP contribution in [0.4, 0.5) is 0 Å². The van der Waals surface area contributed by atoms with Crippen LogP contribution in [0.1, 0.15) is 46.5 Å². The summed E-state index contributed by atoms with van der Waals surface area (Å²) in [6, 6.07) is 0. The molecule has 2 nitrogen and oxygen atoms in total. The van der Waals surface area contributed by atoms with Crippen molar-refractivity contribution in [3.63, 3.8) is 0 Å². The second kappa shape index (κ2) is 3.96. The maximum absolute atomic E-state index is 10.4. The topological polar surface area (TPSA) is 40.5 Å². The Morgan fingerprint density at radius 3 is 2.65 bits per heavy atom. The summed E-state index contributed by atoms with van der Waals surface area (Å²) < 4.78 is 0. The van der Waals surface area contributed by atoms with E-state index in [1.807, 2.05) is 20.8 Å². The summed E-state index contributed by atoms with van der Waals surface area (Å²) in [5, 5.41) is 20.6. The molecule has 0 aromatic rings. The lowest BCUT2D eigenvalue weighted by Crippen LogP contribution is -2.31. The van der Waals surface area contributed by atoms with Crippen LogP contribution >= 0.6 is 0 Å². The van der Waals surface area contributed by atoms with Gasteiger partial charge in [-0.3, -0.25) is 0 Å². The summed E-state index contributed by atoms with van der Waals surface area (Å²) in [6.45, 7) is 9.73. The van der Waals surface area contributed by atoms with Gasteiger partial charge in [0.15, 0.2) is 0 Å². The van der Waals surface area contributed by atoms with E-state index in [1.54, 1.807) is 0 Å². The predicted octanol–water partition coefficient (Wildman–Crippen LogP) is 2.81. The van der Waals surface area contributed by atoms with Gasteiger partial charge in [0.1, 0.15) is 0 Å². The first-order chi connectivity index (χ1) is 7.72. The van der Waals surface area contributed by atoms with Gasteiger partial charge in [0.25, 0.3) is 0 Å². The molecule has 2 rings (SSSR count).